The number of nitrogens with one attached hydrogen (secondary N) is 3. The van der Waals surface area contributed by atoms with E-state index in [0.717, 1.165) is 5.56 Å². The Labute approximate surface area is 173 Å². The Morgan fingerprint density at radius 1 is 1.17 bits per heavy atom. The van der Waals surface area contributed by atoms with Crippen LogP contribution in [0.15, 0.2) is 33.9 Å². The van der Waals surface area contributed by atoms with Gasteiger partial charge in [-0.05, 0) is 45.0 Å². The third kappa shape index (κ3) is 7.00. The van der Waals surface area contributed by atoms with Crippen LogP contribution in [-0.2, 0) is 20.9 Å². The van der Waals surface area contributed by atoms with Crippen LogP contribution in [0, 0.1) is 0 Å². The van der Waals surface area contributed by atoms with E-state index in [-0.39, 0.29) is 30.8 Å². The number of carbonyl (C=O) groups is 3. The van der Waals surface area contributed by atoms with Crippen molar-refractivity contribution in [2.24, 2.45) is 5.10 Å². The molecule has 0 atom stereocenters. The second-order valence-electron chi connectivity index (χ2n) is 6.61. The highest BCUT2D eigenvalue weighted by Gasteiger charge is 2.14. The molecule has 160 valence electrons. The highest BCUT2D eigenvalue weighted by molar-refractivity contribution is 6.35. The number of amides is 3. The molecule has 0 bridgehead atoms. The Bertz CT molecular complexity index is 920. The second-order valence-corrected chi connectivity index (χ2v) is 6.61. The fourth-order valence-corrected chi connectivity index (χ4v) is 2.22. The molecule has 3 amide bonds. The van der Waals surface area contributed by atoms with Crippen molar-refractivity contribution in [3.05, 3.63) is 30.2 Å². The molecule has 1 aromatic carbocycles. The third-order valence-electron chi connectivity index (χ3n) is 3.64. The van der Waals surface area contributed by atoms with Crippen molar-refractivity contribution in [1.82, 2.24) is 26.2 Å². The fourth-order valence-electron chi connectivity index (χ4n) is 2.22. The molecule has 2 aromatic rings. The average molecular weight is 416 g/mol. The van der Waals surface area contributed by atoms with Gasteiger partial charge >= 0.3 is 11.8 Å². The molecule has 1 aromatic heterocycles. The average Bonchev–Trinajstić information content (AvgIpc) is 3.19. The molecule has 0 saturated heterocycles. The molecule has 0 fully saturated rings. The molecule has 0 unspecified atom stereocenters. The monoisotopic (exact) mass is 416 g/mol. The van der Waals surface area contributed by atoms with Gasteiger partial charge in [0.1, 0.15) is 5.75 Å². The Morgan fingerprint density at radius 3 is 2.50 bits per heavy atom. The molecule has 30 heavy (non-hydrogen) atoms. The lowest BCUT2D eigenvalue weighted by Gasteiger charge is -2.07. The normalized spacial score (nSPS) is 11.2. The van der Waals surface area contributed by atoms with Crippen LogP contribution < -0.4 is 20.8 Å². The van der Waals surface area contributed by atoms with E-state index in [1.165, 1.54) is 0 Å². The molecule has 11 nitrogen and oxygen atoms in total. The van der Waals surface area contributed by atoms with Crippen LogP contribution in [0.4, 0.5) is 0 Å². The topological polar surface area (TPSA) is 148 Å². The minimum absolute atomic E-state index is 0.0401. The van der Waals surface area contributed by atoms with Gasteiger partial charge in [-0.1, -0.05) is 5.16 Å². The van der Waals surface area contributed by atoms with Crippen molar-refractivity contribution in [3.63, 3.8) is 0 Å². The zero-order chi connectivity index (χ0) is 22.1. The summed E-state index contributed by atoms with van der Waals surface area (Å²) in [6, 6.07) is 6.97. The van der Waals surface area contributed by atoms with Crippen LogP contribution in [0.3, 0.4) is 0 Å². The van der Waals surface area contributed by atoms with Crippen molar-refractivity contribution in [2.75, 3.05) is 7.11 Å². The first-order valence-electron chi connectivity index (χ1n) is 9.16. The molecule has 0 aliphatic rings. The Balaban J connectivity index is 1.80. The minimum atomic E-state index is -0.902. The SMILES string of the molecule is COc1ccc(-c2noc(CNC(=O)C/C(C)=N/NC(=O)C(=O)NC(C)C)n2)cc1. The maximum absolute atomic E-state index is 12.0. The van der Waals surface area contributed by atoms with Gasteiger partial charge in [-0.15, -0.1) is 0 Å². The predicted molar refractivity (Wildman–Crippen MR) is 107 cm³/mol. The highest BCUT2D eigenvalue weighted by Crippen LogP contribution is 2.19. The van der Waals surface area contributed by atoms with Gasteiger partial charge in [-0.2, -0.15) is 10.1 Å². The predicted octanol–water partition coefficient (Wildman–Crippen LogP) is 0.768. The first-order valence-corrected chi connectivity index (χ1v) is 9.16. The summed E-state index contributed by atoms with van der Waals surface area (Å²) in [5.74, 6) is -0.718. The van der Waals surface area contributed by atoms with E-state index in [4.69, 9.17) is 9.26 Å². The molecule has 11 heteroatoms. The van der Waals surface area contributed by atoms with Gasteiger partial charge in [-0.3, -0.25) is 14.4 Å². The Hall–Kier alpha value is -3.76. The van der Waals surface area contributed by atoms with E-state index in [2.05, 4.69) is 31.3 Å². The first kappa shape index (κ1) is 22.5. The Morgan fingerprint density at radius 2 is 1.87 bits per heavy atom. The van der Waals surface area contributed by atoms with Crippen LogP contribution in [0.2, 0.25) is 0 Å². The largest absolute Gasteiger partial charge is 0.497 e. The summed E-state index contributed by atoms with van der Waals surface area (Å²) in [5.41, 5.74) is 3.17. The molecule has 0 radical (unpaired) electrons. The van der Waals surface area contributed by atoms with Gasteiger partial charge in [0.2, 0.25) is 17.6 Å². The number of carbonyl (C=O) groups excluding carboxylic acids is 3. The summed E-state index contributed by atoms with van der Waals surface area (Å²) in [7, 11) is 1.58. The quantitative estimate of drug-likeness (QED) is 0.327. The van der Waals surface area contributed by atoms with Crippen LogP contribution in [0.5, 0.6) is 5.75 Å². The summed E-state index contributed by atoms with van der Waals surface area (Å²) >= 11 is 0. The number of benzene rings is 1. The number of aromatic nitrogens is 2. The van der Waals surface area contributed by atoms with E-state index in [0.29, 0.717) is 17.3 Å². The summed E-state index contributed by atoms with van der Waals surface area (Å²) in [6.45, 7) is 5.05. The number of ether oxygens (including phenoxy) is 1. The number of rotatable bonds is 8. The fraction of sp³-hybridized carbons (Fsp3) is 0.368. The van der Waals surface area contributed by atoms with Crippen LogP contribution in [0.1, 0.15) is 33.1 Å². The van der Waals surface area contributed by atoms with Gasteiger partial charge in [0.15, 0.2) is 0 Å². The van der Waals surface area contributed by atoms with Crippen LogP contribution >= 0.6 is 0 Å². The number of methoxy groups -OCH3 is 1. The van der Waals surface area contributed by atoms with E-state index in [1.807, 2.05) is 0 Å². The summed E-state index contributed by atoms with van der Waals surface area (Å²) in [5, 5.41) is 12.7. The summed E-state index contributed by atoms with van der Waals surface area (Å²) in [4.78, 5) is 39.3. The van der Waals surface area contributed by atoms with Gasteiger partial charge in [-0.25, -0.2) is 5.43 Å². The number of hydrogen-bond acceptors (Lipinski definition) is 8. The van der Waals surface area contributed by atoms with Gasteiger partial charge in [0.25, 0.3) is 0 Å². The van der Waals surface area contributed by atoms with Gasteiger partial charge in [0, 0.05) is 17.3 Å². The van der Waals surface area contributed by atoms with Crippen molar-refractivity contribution < 1.29 is 23.6 Å². The van der Waals surface area contributed by atoms with E-state index >= 15 is 0 Å². The van der Waals surface area contributed by atoms with E-state index in [9.17, 15) is 14.4 Å². The van der Waals surface area contributed by atoms with E-state index < -0.39 is 11.8 Å². The zero-order valence-electron chi connectivity index (χ0n) is 17.2. The molecular formula is C19H24N6O5. The lowest BCUT2D eigenvalue weighted by molar-refractivity contribution is -0.139. The molecular weight excluding hydrogens is 392 g/mol. The maximum atomic E-state index is 12.0. The number of nitrogens with zero attached hydrogens (tertiary/aromatic N) is 3. The minimum Gasteiger partial charge on any atom is -0.497 e. The van der Waals surface area contributed by atoms with Crippen molar-refractivity contribution in [1.29, 1.82) is 0 Å². The first-order chi connectivity index (χ1) is 14.3. The van der Waals surface area contributed by atoms with Crippen molar-refractivity contribution in [2.45, 2.75) is 39.8 Å². The molecule has 0 saturated carbocycles. The molecule has 0 spiro atoms. The maximum Gasteiger partial charge on any atom is 0.329 e. The van der Waals surface area contributed by atoms with Crippen LogP contribution in [0.25, 0.3) is 11.4 Å². The lowest BCUT2D eigenvalue weighted by Crippen LogP contribution is -2.41. The summed E-state index contributed by atoms with van der Waals surface area (Å²) in [6.07, 6.45) is -0.0778. The molecule has 3 N–H and O–H groups in total. The second kappa shape index (κ2) is 10.7. The standard InChI is InChI=1S/C19H24N6O5/c1-11(2)21-18(27)19(28)24-23-12(3)9-15(26)20-10-16-22-17(25-30-16)13-5-7-14(29-4)8-6-13/h5-8,11H,9-10H2,1-4H3,(H,20,26)(H,21,27)(H,24,28)/b23-12+. The van der Waals surface area contributed by atoms with E-state index in [1.54, 1.807) is 52.1 Å². The zero-order valence-corrected chi connectivity index (χ0v) is 17.2. The van der Waals surface area contributed by atoms with Crippen molar-refractivity contribution in [3.8, 4) is 17.1 Å². The van der Waals surface area contributed by atoms with Gasteiger partial charge in [0.05, 0.1) is 20.1 Å². The van der Waals surface area contributed by atoms with Crippen LogP contribution in [-0.4, -0.2) is 46.7 Å². The van der Waals surface area contributed by atoms with Crippen molar-refractivity contribution >= 4 is 23.4 Å². The number of hydrogen-bond donors (Lipinski definition) is 3. The summed E-state index contributed by atoms with van der Waals surface area (Å²) < 4.78 is 10.2. The molecule has 0 aliphatic carbocycles. The lowest BCUT2D eigenvalue weighted by atomic mass is 10.2. The van der Waals surface area contributed by atoms with Gasteiger partial charge < -0.3 is 19.9 Å². The highest BCUT2D eigenvalue weighted by atomic mass is 16.5. The molecule has 2 rings (SSSR count). The number of hydrazone groups is 1. The molecule has 1 heterocycles. The Kier molecular flexibility index (Phi) is 8.03. The third-order valence-corrected chi connectivity index (χ3v) is 3.64. The smallest absolute Gasteiger partial charge is 0.329 e. The molecule has 0 aliphatic heterocycles.